The molecule has 2 amide bonds. The lowest BCUT2D eigenvalue weighted by Gasteiger charge is -2.33. The lowest BCUT2D eigenvalue weighted by molar-refractivity contribution is -0.112. The zero-order chi connectivity index (χ0) is 21.5. The smallest absolute Gasteiger partial charge is 0.289 e. The van der Waals surface area contributed by atoms with Gasteiger partial charge in [-0.3, -0.25) is 9.59 Å². The van der Waals surface area contributed by atoms with Gasteiger partial charge in [-0.1, -0.05) is 32.0 Å². The maximum Gasteiger partial charge on any atom is 0.289 e. The molecule has 1 aromatic heterocycles. The third-order valence-electron chi connectivity index (χ3n) is 5.25. The first-order valence-corrected chi connectivity index (χ1v) is 10.2. The number of furan rings is 1. The van der Waals surface area contributed by atoms with Crippen LogP contribution in [0.2, 0.25) is 0 Å². The van der Waals surface area contributed by atoms with Crippen LogP contribution >= 0.6 is 0 Å². The van der Waals surface area contributed by atoms with Gasteiger partial charge in [-0.05, 0) is 36.1 Å². The summed E-state index contributed by atoms with van der Waals surface area (Å²) in [5, 5.41) is 12.5. The number of para-hydroxylation sites is 1. The molecule has 0 atom stereocenters. The van der Waals surface area contributed by atoms with Crippen molar-refractivity contribution >= 4 is 17.5 Å². The summed E-state index contributed by atoms with van der Waals surface area (Å²) < 4.78 is 5.17. The van der Waals surface area contributed by atoms with Crippen LogP contribution in [0.5, 0.6) is 0 Å². The van der Waals surface area contributed by atoms with Crippen molar-refractivity contribution in [1.29, 1.82) is 5.26 Å². The molecule has 2 aromatic rings. The number of amides is 2. The molecular formula is C23H26N4O3. The third kappa shape index (κ3) is 4.71. The van der Waals surface area contributed by atoms with Gasteiger partial charge in [0.05, 0.1) is 6.26 Å². The van der Waals surface area contributed by atoms with Crippen molar-refractivity contribution in [3.05, 3.63) is 65.3 Å². The number of carbonyl (C=O) groups excluding carboxylic acids is 2. The number of anilines is 1. The van der Waals surface area contributed by atoms with Gasteiger partial charge in [0, 0.05) is 38.1 Å². The van der Waals surface area contributed by atoms with Gasteiger partial charge in [0.25, 0.3) is 11.8 Å². The van der Waals surface area contributed by atoms with E-state index in [1.54, 1.807) is 23.2 Å². The Hall–Kier alpha value is -3.53. The topological polar surface area (TPSA) is 89.6 Å². The first-order valence-electron chi connectivity index (χ1n) is 10.2. The van der Waals surface area contributed by atoms with Crippen LogP contribution in [-0.2, 0) is 17.6 Å². The number of benzene rings is 1. The summed E-state index contributed by atoms with van der Waals surface area (Å²) in [7, 11) is 0. The minimum atomic E-state index is -0.415. The van der Waals surface area contributed by atoms with Gasteiger partial charge in [0.15, 0.2) is 5.76 Å². The van der Waals surface area contributed by atoms with Gasteiger partial charge in [-0.25, -0.2) is 0 Å². The molecule has 1 aromatic carbocycles. The Balaban J connectivity index is 1.66. The summed E-state index contributed by atoms with van der Waals surface area (Å²) >= 11 is 0. The molecule has 1 aliphatic heterocycles. The molecule has 1 fully saturated rings. The highest BCUT2D eigenvalue weighted by Crippen LogP contribution is 2.23. The zero-order valence-corrected chi connectivity index (χ0v) is 17.4. The second-order valence-electron chi connectivity index (χ2n) is 7.07. The van der Waals surface area contributed by atoms with Crippen molar-refractivity contribution in [2.24, 2.45) is 0 Å². The van der Waals surface area contributed by atoms with E-state index in [-0.39, 0.29) is 11.5 Å². The molecule has 1 aliphatic rings. The maximum absolute atomic E-state index is 12.8. The number of nitrogens with one attached hydrogen (secondary N) is 1. The summed E-state index contributed by atoms with van der Waals surface area (Å²) in [6, 6.07) is 11.3. The molecule has 2 heterocycles. The van der Waals surface area contributed by atoms with E-state index in [2.05, 4.69) is 5.32 Å². The quantitative estimate of drug-likeness (QED) is 0.588. The van der Waals surface area contributed by atoms with E-state index >= 15 is 0 Å². The number of carbonyl (C=O) groups is 2. The van der Waals surface area contributed by atoms with E-state index in [0.717, 1.165) is 29.7 Å². The molecule has 0 unspecified atom stereocenters. The van der Waals surface area contributed by atoms with Crippen LogP contribution in [0.25, 0.3) is 0 Å². The Bertz CT molecular complexity index is 943. The van der Waals surface area contributed by atoms with Crippen molar-refractivity contribution in [1.82, 2.24) is 9.80 Å². The number of piperazine rings is 1. The molecule has 3 rings (SSSR count). The Labute approximate surface area is 176 Å². The summed E-state index contributed by atoms with van der Waals surface area (Å²) in [5.41, 5.74) is 2.94. The van der Waals surface area contributed by atoms with Gasteiger partial charge in [-0.15, -0.1) is 0 Å². The maximum atomic E-state index is 12.8. The number of nitrogens with zero attached hydrogens (tertiary/aromatic N) is 3. The fraction of sp³-hybridized carbons (Fsp3) is 0.348. The van der Waals surface area contributed by atoms with Crippen LogP contribution in [0.1, 0.15) is 35.5 Å². The van der Waals surface area contributed by atoms with Gasteiger partial charge >= 0.3 is 0 Å². The van der Waals surface area contributed by atoms with E-state index in [4.69, 9.17) is 4.42 Å². The lowest BCUT2D eigenvalue weighted by Crippen LogP contribution is -2.47. The second-order valence-corrected chi connectivity index (χ2v) is 7.07. The highest BCUT2D eigenvalue weighted by molar-refractivity contribution is 6.07. The van der Waals surface area contributed by atoms with Crippen molar-refractivity contribution in [3.63, 3.8) is 0 Å². The van der Waals surface area contributed by atoms with Crippen LogP contribution in [0.15, 0.2) is 52.8 Å². The molecule has 156 valence electrons. The van der Waals surface area contributed by atoms with Crippen molar-refractivity contribution in [3.8, 4) is 6.07 Å². The zero-order valence-electron chi connectivity index (χ0n) is 17.4. The molecule has 0 radical (unpaired) electrons. The molecule has 1 N–H and O–H groups in total. The lowest BCUT2D eigenvalue weighted by atomic mass is 10.0. The number of rotatable bonds is 6. The molecule has 7 heteroatoms. The standard InChI is InChI=1S/C23H26N4O3/c1-3-17-7-5-8-18(4-2)21(17)25-22(28)19(15-24)16-26-10-12-27(13-11-26)23(29)20-9-6-14-30-20/h5-9,14,16H,3-4,10-13H2,1-2H3,(H,25,28)/b19-16-. The molecule has 7 nitrogen and oxygen atoms in total. The average molecular weight is 406 g/mol. The summed E-state index contributed by atoms with van der Waals surface area (Å²) in [6.45, 7) is 6.14. The van der Waals surface area contributed by atoms with Gasteiger partial charge < -0.3 is 19.5 Å². The Morgan fingerprint density at radius 2 is 1.77 bits per heavy atom. The van der Waals surface area contributed by atoms with Crippen LogP contribution in [-0.4, -0.2) is 47.8 Å². The first-order chi connectivity index (χ1) is 14.6. The fourth-order valence-corrected chi connectivity index (χ4v) is 3.52. The van der Waals surface area contributed by atoms with Gasteiger partial charge in [0.2, 0.25) is 0 Å². The number of aryl methyl sites for hydroxylation is 2. The van der Waals surface area contributed by atoms with Crippen molar-refractivity contribution < 1.29 is 14.0 Å². The Kier molecular flexibility index (Phi) is 6.91. The molecule has 0 spiro atoms. The number of hydrogen-bond acceptors (Lipinski definition) is 5. The minimum absolute atomic E-state index is 0.0498. The first kappa shape index (κ1) is 21.2. The van der Waals surface area contributed by atoms with Crippen LogP contribution < -0.4 is 5.32 Å². The van der Waals surface area contributed by atoms with E-state index in [9.17, 15) is 14.9 Å². The fourth-order valence-electron chi connectivity index (χ4n) is 3.52. The van der Waals surface area contributed by atoms with Crippen molar-refractivity contribution in [2.75, 3.05) is 31.5 Å². The van der Waals surface area contributed by atoms with E-state index in [1.807, 2.05) is 43.0 Å². The highest BCUT2D eigenvalue weighted by Gasteiger charge is 2.23. The highest BCUT2D eigenvalue weighted by atomic mass is 16.3. The van der Waals surface area contributed by atoms with Crippen LogP contribution in [0, 0.1) is 11.3 Å². The van der Waals surface area contributed by atoms with Crippen LogP contribution in [0.4, 0.5) is 5.69 Å². The normalized spacial score (nSPS) is 14.4. The largest absolute Gasteiger partial charge is 0.459 e. The number of hydrogen-bond donors (Lipinski definition) is 1. The molecule has 30 heavy (non-hydrogen) atoms. The predicted octanol–water partition coefficient (Wildman–Crippen LogP) is 3.21. The monoisotopic (exact) mass is 406 g/mol. The van der Waals surface area contributed by atoms with Crippen LogP contribution in [0.3, 0.4) is 0 Å². The molecule has 0 bridgehead atoms. The average Bonchev–Trinajstić information content (AvgIpc) is 3.32. The second kappa shape index (κ2) is 9.79. The minimum Gasteiger partial charge on any atom is -0.459 e. The SMILES string of the molecule is CCc1cccc(CC)c1NC(=O)/C(C#N)=C\N1CCN(C(=O)c2ccco2)CC1. The molecular weight excluding hydrogens is 380 g/mol. The van der Waals surface area contributed by atoms with Crippen molar-refractivity contribution in [2.45, 2.75) is 26.7 Å². The molecule has 0 saturated carbocycles. The Morgan fingerprint density at radius 3 is 2.30 bits per heavy atom. The summed E-state index contributed by atoms with van der Waals surface area (Å²) in [4.78, 5) is 28.7. The predicted molar refractivity (Wildman–Crippen MR) is 114 cm³/mol. The summed E-state index contributed by atoms with van der Waals surface area (Å²) in [5.74, 6) is -0.246. The van der Waals surface area contributed by atoms with E-state index < -0.39 is 5.91 Å². The Morgan fingerprint density at radius 1 is 1.10 bits per heavy atom. The molecule has 1 saturated heterocycles. The van der Waals surface area contributed by atoms with Gasteiger partial charge in [-0.2, -0.15) is 5.26 Å². The van der Waals surface area contributed by atoms with E-state index in [0.29, 0.717) is 31.9 Å². The number of nitriles is 1. The van der Waals surface area contributed by atoms with E-state index in [1.165, 1.54) is 6.26 Å². The third-order valence-corrected chi connectivity index (χ3v) is 5.25. The van der Waals surface area contributed by atoms with Gasteiger partial charge in [0.1, 0.15) is 11.6 Å². The summed E-state index contributed by atoms with van der Waals surface area (Å²) in [6.07, 6.45) is 4.65. The molecule has 0 aliphatic carbocycles.